The Kier molecular flexibility index (Phi) is 2.97. The number of benzene rings is 1. The smallest absolute Gasteiger partial charge is 0.335 e. The van der Waals surface area contributed by atoms with Gasteiger partial charge in [0.1, 0.15) is 0 Å². The number of aromatic carboxylic acids is 1. The monoisotopic (exact) mass is 219 g/mol. The van der Waals surface area contributed by atoms with Crippen molar-refractivity contribution in [2.45, 2.75) is 38.8 Å². The van der Waals surface area contributed by atoms with Gasteiger partial charge in [0.2, 0.25) is 0 Å². The van der Waals surface area contributed by atoms with Gasteiger partial charge in [-0.1, -0.05) is 26.0 Å². The van der Waals surface area contributed by atoms with Crippen LogP contribution >= 0.6 is 0 Å². The standard InChI is InChI=1S/C13H17NO2/c1-8(2)14-12-7-6-9-10(12)4-3-5-11(9)13(15)16/h3-5,8,12,14H,6-7H2,1-2H3,(H,15,16). The van der Waals surface area contributed by atoms with Gasteiger partial charge in [-0.3, -0.25) is 0 Å². The number of carbonyl (C=O) groups is 1. The molecular weight excluding hydrogens is 202 g/mol. The Balaban J connectivity index is 2.34. The molecule has 1 unspecified atom stereocenters. The van der Waals surface area contributed by atoms with Gasteiger partial charge < -0.3 is 10.4 Å². The summed E-state index contributed by atoms with van der Waals surface area (Å²) in [5.41, 5.74) is 2.63. The van der Waals surface area contributed by atoms with Crippen molar-refractivity contribution in [2.24, 2.45) is 0 Å². The summed E-state index contributed by atoms with van der Waals surface area (Å²) in [6, 6.07) is 6.30. The normalized spacial score (nSPS) is 18.8. The SMILES string of the molecule is CC(C)NC1CCc2c(C(=O)O)cccc21. The number of hydrogen-bond acceptors (Lipinski definition) is 2. The number of carboxylic acid groups (broad SMARTS) is 1. The highest BCUT2D eigenvalue weighted by atomic mass is 16.4. The number of nitrogens with one attached hydrogen (secondary N) is 1. The van der Waals surface area contributed by atoms with Crippen molar-refractivity contribution in [1.29, 1.82) is 0 Å². The van der Waals surface area contributed by atoms with Crippen LogP contribution < -0.4 is 5.32 Å². The van der Waals surface area contributed by atoms with E-state index in [-0.39, 0.29) is 0 Å². The van der Waals surface area contributed by atoms with E-state index < -0.39 is 5.97 Å². The van der Waals surface area contributed by atoms with Gasteiger partial charge in [0.05, 0.1) is 5.56 Å². The quantitative estimate of drug-likeness (QED) is 0.820. The van der Waals surface area contributed by atoms with Crippen LogP contribution in [0.5, 0.6) is 0 Å². The maximum Gasteiger partial charge on any atom is 0.335 e. The highest BCUT2D eigenvalue weighted by Crippen LogP contribution is 2.33. The Morgan fingerprint density at radius 2 is 2.25 bits per heavy atom. The molecule has 0 radical (unpaired) electrons. The van der Waals surface area contributed by atoms with E-state index in [0.717, 1.165) is 24.0 Å². The molecule has 16 heavy (non-hydrogen) atoms. The lowest BCUT2D eigenvalue weighted by atomic mass is 10.0. The van der Waals surface area contributed by atoms with Crippen LogP contribution in [0.1, 0.15) is 47.8 Å². The first-order chi connectivity index (χ1) is 7.59. The summed E-state index contributed by atoms with van der Waals surface area (Å²) >= 11 is 0. The van der Waals surface area contributed by atoms with Gasteiger partial charge in [-0.2, -0.15) is 0 Å². The zero-order valence-electron chi connectivity index (χ0n) is 9.66. The van der Waals surface area contributed by atoms with E-state index in [4.69, 9.17) is 5.11 Å². The second-order valence-electron chi connectivity index (χ2n) is 4.59. The molecule has 1 aliphatic rings. The minimum absolute atomic E-state index is 0.314. The van der Waals surface area contributed by atoms with E-state index in [1.165, 1.54) is 0 Å². The van der Waals surface area contributed by atoms with Crippen LogP contribution in [0.3, 0.4) is 0 Å². The molecule has 1 aromatic rings. The lowest BCUT2D eigenvalue weighted by molar-refractivity contribution is 0.0696. The van der Waals surface area contributed by atoms with E-state index in [9.17, 15) is 4.79 Å². The summed E-state index contributed by atoms with van der Waals surface area (Å²) in [6.45, 7) is 4.22. The summed E-state index contributed by atoms with van der Waals surface area (Å²) in [7, 11) is 0. The second kappa shape index (κ2) is 4.26. The molecule has 1 aromatic carbocycles. The molecule has 2 rings (SSSR count). The van der Waals surface area contributed by atoms with E-state index in [1.54, 1.807) is 6.07 Å². The maximum atomic E-state index is 11.1. The van der Waals surface area contributed by atoms with Crippen LogP contribution in [0.4, 0.5) is 0 Å². The third-order valence-corrected chi connectivity index (χ3v) is 3.04. The third-order valence-electron chi connectivity index (χ3n) is 3.04. The van der Waals surface area contributed by atoms with E-state index in [1.807, 2.05) is 12.1 Å². The van der Waals surface area contributed by atoms with Crippen LogP contribution in [0.25, 0.3) is 0 Å². The molecule has 0 bridgehead atoms. The first-order valence-electron chi connectivity index (χ1n) is 5.70. The second-order valence-corrected chi connectivity index (χ2v) is 4.59. The van der Waals surface area contributed by atoms with Crippen molar-refractivity contribution < 1.29 is 9.90 Å². The van der Waals surface area contributed by atoms with Crippen LogP contribution in [0.15, 0.2) is 18.2 Å². The van der Waals surface area contributed by atoms with Crippen molar-refractivity contribution in [3.8, 4) is 0 Å². The largest absolute Gasteiger partial charge is 0.478 e. The fraction of sp³-hybridized carbons (Fsp3) is 0.462. The summed E-state index contributed by atoms with van der Waals surface area (Å²) in [5, 5.41) is 12.6. The lowest BCUT2D eigenvalue weighted by Crippen LogP contribution is -2.26. The van der Waals surface area contributed by atoms with Gasteiger partial charge in [0.25, 0.3) is 0 Å². The minimum Gasteiger partial charge on any atom is -0.478 e. The lowest BCUT2D eigenvalue weighted by Gasteiger charge is -2.17. The molecule has 0 amide bonds. The zero-order chi connectivity index (χ0) is 11.7. The van der Waals surface area contributed by atoms with Gasteiger partial charge >= 0.3 is 5.97 Å². The first-order valence-corrected chi connectivity index (χ1v) is 5.70. The predicted molar refractivity (Wildman–Crippen MR) is 62.7 cm³/mol. The topological polar surface area (TPSA) is 49.3 Å². The third kappa shape index (κ3) is 1.95. The van der Waals surface area contributed by atoms with Crippen LogP contribution in [0, 0.1) is 0 Å². The number of hydrogen-bond donors (Lipinski definition) is 2. The number of carboxylic acids is 1. The molecule has 86 valence electrons. The fourth-order valence-electron chi connectivity index (χ4n) is 2.43. The predicted octanol–water partition coefficient (Wildman–Crippen LogP) is 2.37. The Morgan fingerprint density at radius 3 is 2.88 bits per heavy atom. The zero-order valence-corrected chi connectivity index (χ0v) is 9.66. The van der Waals surface area contributed by atoms with E-state index in [2.05, 4.69) is 19.2 Å². The van der Waals surface area contributed by atoms with Crippen molar-refractivity contribution in [1.82, 2.24) is 5.32 Å². The van der Waals surface area contributed by atoms with Crippen LogP contribution in [-0.4, -0.2) is 17.1 Å². The van der Waals surface area contributed by atoms with Crippen molar-refractivity contribution in [2.75, 3.05) is 0 Å². The molecule has 1 atom stereocenters. The molecule has 3 heteroatoms. The molecule has 2 N–H and O–H groups in total. The molecular formula is C13H17NO2. The Morgan fingerprint density at radius 1 is 1.50 bits per heavy atom. The van der Waals surface area contributed by atoms with Crippen molar-refractivity contribution in [3.05, 3.63) is 34.9 Å². The highest BCUT2D eigenvalue weighted by molar-refractivity contribution is 5.90. The molecule has 0 saturated heterocycles. The average molecular weight is 219 g/mol. The molecule has 0 aliphatic heterocycles. The average Bonchev–Trinajstić information content (AvgIpc) is 2.60. The molecule has 0 saturated carbocycles. The van der Waals surface area contributed by atoms with E-state index >= 15 is 0 Å². The van der Waals surface area contributed by atoms with Crippen molar-refractivity contribution >= 4 is 5.97 Å². The molecule has 0 spiro atoms. The Bertz CT molecular complexity index is 412. The van der Waals surface area contributed by atoms with Crippen LogP contribution in [-0.2, 0) is 6.42 Å². The maximum absolute atomic E-state index is 11.1. The highest BCUT2D eigenvalue weighted by Gasteiger charge is 2.26. The summed E-state index contributed by atoms with van der Waals surface area (Å²) in [4.78, 5) is 11.1. The Labute approximate surface area is 95.5 Å². The molecule has 0 fully saturated rings. The molecule has 1 aliphatic carbocycles. The van der Waals surface area contributed by atoms with Gasteiger partial charge in [-0.05, 0) is 30.0 Å². The minimum atomic E-state index is -0.818. The fourth-order valence-corrected chi connectivity index (χ4v) is 2.43. The molecule has 0 heterocycles. The van der Waals surface area contributed by atoms with Crippen molar-refractivity contribution in [3.63, 3.8) is 0 Å². The number of fused-ring (bicyclic) bond motifs is 1. The summed E-state index contributed by atoms with van der Waals surface area (Å²) in [6.07, 6.45) is 1.86. The first kappa shape index (κ1) is 11.1. The summed E-state index contributed by atoms with van der Waals surface area (Å²) in [5.74, 6) is -0.818. The summed E-state index contributed by atoms with van der Waals surface area (Å²) < 4.78 is 0. The van der Waals surface area contributed by atoms with Crippen LogP contribution in [0.2, 0.25) is 0 Å². The van der Waals surface area contributed by atoms with Gasteiger partial charge in [0, 0.05) is 12.1 Å². The van der Waals surface area contributed by atoms with Gasteiger partial charge in [0.15, 0.2) is 0 Å². The molecule has 0 aromatic heterocycles. The van der Waals surface area contributed by atoms with Gasteiger partial charge in [-0.15, -0.1) is 0 Å². The van der Waals surface area contributed by atoms with E-state index in [0.29, 0.717) is 17.6 Å². The van der Waals surface area contributed by atoms with Gasteiger partial charge in [-0.25, -0.2) is 4.79 Å². The Hall–Kier alpha value is -1.35. The number of rotatable bonds is 3. The molecule has 3 nitrogen and oxygen atoms in total.